The van der Waals surface area contributed by atoms with E-state index in [4.69, 9.17) is 0 Å². The number of hydrogen-bond donors (Lipinski definition) is 0. The van der Waals surface area contributed by atoms with Crippen molar-refractivity contribution in [1.29, 1.82) is 0 Å². The zero-order valence-corrected chi connectivity index (χ0v) is 7.99. The summed E-state index contributed by atoms with van der Waals surface area (Å²) in [5, 5.41) is 0. The fourth-order valence-corrected chi connectivity index (χ4v) is 2.19. The first-order valence-electron chi connectivity index (χ1n) is 4.96. The van der Waals surface area contributed by atoms with E-state index in [0.29, 0.717) is 6.04 Å². The lowest BCUT2D eigenvalue weighted by Gasteiger charge is -2.16. The molecule has 0 N–H and O–H groups in total. The van der Waals surface area contributed by atoms with Crippen molar-refractivity contribution in [3.05, 3.63) is 34.2 Å². The molecule has 1 saturated carbocycles. The maximum atomic E-state index is 11.0. The summed E-state index contributed by atoms with van der Waals surface area (Å²) in [6.07, 6.45) is 7.13. The van der Waals surface area contributed by atoms with Gasteiger partial charge in [-0.15, -0.1) is 0 Å². The van der Waals surface area contributed by atoms with Gasteiger partial charge in [0.2, 0.25) is 0 Å². The van der Waals surface area contributed by atoms with E-state index < -0.39 is 0 Å². The highest BCUT2D eigenvalue weighted by molar-refractivity contribution is 5.06. The Morgan fingerprint density at radius 2 is 2.08 bits per heavy atom. The van der Waals surface area contributed by atoms with Crippen molar-refractivity contribution in [1.82, 2.24) is 4.57 Å². The molecule has 1 aliphatic carbocycles. The first kappa shape index (κ1) is 8.54. The normalized spacial score (nSPS) is 17.9. The van der Waals surface area contributed by atoms with E-state index in [0.717, 1.165) is 5.69 Å². The first-order chi connectivity index (χ1) is 6.27. The molecular formula is C11H15NO. The molecule has 1 aromatic heterocycles. The van der Waals surface area contributed by atoms with Crippen molar-refractivity contribution in [2.24, 2.45) is 0 Å². The van der Waals surface area contributed by atoms with Gasteiger partial charge >= 0.3 is 0 Å². The summed E-state index contributed by atoms with van der Waals surface area (Å²) in [5.74, 6) is 0. The summed E-state index contributed by atoms with van der Waals surface area (Å²) in [7, 11) is 0. The van der Waals surface area contributed by atoms with Gasteiger partial charge in [0.1, 0.15) is 0 Å². The van der Waals surface area contributed by atoms with E-state index in [1.54, 1.807) is 12.1 Å². The number of aromatic nitrogens is 1. The zero-order valence-electron chi connectivity index (χ0n) is 7.99. The van der Waals surface area contributed by atoms with E-state index in [1.165, 1.54) is 25.7 Å². The minimum atomic E-state index is 0.117. The Bertz CT molecular complexity index is 347. The van der Waals surface area contributed by atoms with Gasteiger partial charge in [-0.05, 0) is 19.8 Å². The van der Waals surface area contributed by atoms with Crippen LogP contribution in [0.2, 0.25) is 0 Å². The van der Waals surface area contributed by atoms with Gasteiger partial charge in [0.25, 0.3) is 0 Å². The standard InChI is InChI=1S/C11H15NO/c1-9-8-11(13)6-7-12(9)10-4-2-3-5-10/h6-8,10H,2-5H2,1H3. The Labute approximate surface area is 78.2 Å². The van der Waals surface area contributed by atoms with Gasteiger partial charge in [0.15, 0.2) is 5.43 Å². The van der Waals surface area contributed by atoms with Gasteiger partial charge in [-0.2, -0.15) is 0 Å². The highest BCUT2D eigenvalue weighted by Crippen LogP contribution is 2.29. The molecule has 0 atom stereocenters. The maximum absolute atomic E-state index is 11.0. The van der Waals surface area contributed by atoms with Gasteiger partial charge in [0.05, 0.1) is 0 Å². The summed E-state index contributed by atoms with van der Waals surface area (Å²) >= 11 is 0. The van der Waals surface area contributed by atoms with Crippen LogP contribution in [0.1, 0.15) is 37.4 Å². The summed E-state index contributed by atoms with van der Waals surface area (Å²) in [6.45, 7) is 2.01. The largest absolute Gasteiger partial charge is 0.348 e. The topological polar surface area (TPSA) is 22.0 Å². The Kier molecular flexibility index (Phi) is 2.21. The second-order valence-corrected chi connectivity index (χ2v) is 3.85. The Morgan fingerprint density at radius 1 is 1.38 bits per heavy atom. The summed E-state index contributed by atoms with van der Waals surface area (Å²) in [6, 6.07) is 4.02. The second kappa shape index (κ2) is 3.36. The molecule has 0 unspecified atom stereocenters. The van der Waals surface area contributed by atoms with Crippen molar-refractivity contribution < 1.29 is 0 Å². The number of rotatable bonds is 1. The molecule has 0 spiro atoms. The molecule has 0 aromatic carbocycles. The molecule has 0 radical (unpaired) electrons. The van der Waals surface area contributed by atoms with Crippen molar-refractivity contribution in [2.75, 3.05) is 0 Å². The average molecular weight is 177 g/mol. The molecule has 2 heteroatoms. The van der Waals surface area contributed by atoms with Crippen molar-refractivity contribution in [3.63, 3.8) is 0 Å². The van der Waals surface area contributed by atoms with Gasteiger partial charge in [-0.3, -0.25) is 4.79 Å². The van der Waals surface area contributed by atoms with E-state index in [2.05, 4.69) is 4.57 Å². The smallest absolute Gasteiger partial charge is 0.181 e. The minimum Gasteiger partial charge on any atom is -0.348 e. The predicted octanol–water partition coefficient (Wildman–Crippen LogP) is 2.27. The highest BCUT2D eigenvalue weighted by atomic mass is 16.1. The second-order valence-electron chi connectivity index (χ2n) is 3.85. The molecule has 1 aromatic rings. The average Bonchev–Trinajstić information content (AvgIpc) is 2.56. The minimum absolute atomic E-state index is 0.117. The van der Waals surface area contributed by atoms with Crippen LogP contribution in [0.5, 0.6) is 0 Å². The van der Waals surface area contributed by atoms with Crippen molar-refractivity contribution in [3.8, 4) is 0 Å². The Morgan fingerprint density at radius 3 is 2.69 bits per heavy atom. The quantitative estimate of drug-likeness (QED) is 0.645. The third-order valence-corrected chi connectivity index (χ3v) is 2.88. The SMILES string of the molecule is Cc1cc(=O)ccn1C1CCCC1. The van der Waals surface area contributed by atoms with Crippen LogP contribution in [0.25, 0.3) is 0 Å². The van der Waals surface area contributed by atoms with Crippen molar-refractivity contribution >= 4 is 0 Å². The highest BCUT2D eigenvalue weighted by Gasteiger charge is 2.16. The molecule has 0 saturated heterocycles. The fourth-order valence-electron chi connectivity index (χ4n) is 2.19. The van der Waals surface area contributed by atoms with Gasteiger partial charge in [0, 0.05) is 30.1 Å². The molecular weight excluding hydrogens is 162 g/mol. The van der Waals surface area contributed by atoms with Gasteiger partial charge < -0.3 is 4.57 Å². The summed E-state index contributed by atoms with van der Waals surface area (Å²) in [5.41, 5.74) is 1.21. The summed E-state index contributed by atoms with van der Waals surface area (Å²) in [4.78, 5) is 11.0. The monoisotopic (exact) mass is 177 g/mol. The van der Waals surface area contributed by atoms with E-state index in [-0.39, 0.29) is 5.43 Å². The lowest BCUT2D eigenvalue weighted by atomic mass is 10.2. The van der Waals surface area contributed by atoms with Gasteiger partial charge in [-0.1, -0.05) is 12.8 Å². The van der Waals surface area contributed by atoms with Crippen LogP contribution >= 0.6 is 0 Å². The van der Waals surface area contributed by atoms with E-state index in [9.17, 15) is 4.79 Å². The van der Waals surface area contributed by atoms with Crippen LogP contribution in [0.4, 0.5) is 0 Å². The van der Waals surface area contributed by atoms with E-state index in [1.807, 2.05) is 13.1 Å². The van der Waals surface area contributed by atoms with Crippen LogP contribution in [0, 0.1) is 6.92 Å². The maximum Gasteiger partial charge on any atom is 0.181 e. The molecule has 1 aliphatic rings. The lowest BCUT2D eigenvalue weighted by Crippen LogP contribution is -2.12. The molecule has 0 bridgehead atoms. The Balaban J connectivity index is 2.34. The van der Waals surface area contributed by atoms with Crippen LogP contribution in [0.3, 0.4) is 0 Å². The lowest BCUT2D eigenvalue weighted by molar-refractivity contribution is 0.504. The van der Waals surface area contributed by atoms with Crippen LogP contribution in [-0.4, -0.2) is 4.57 Å². The third kappa shape index (κ3) is 1.67. The van der Waals surface area contributed by atoms with Gasteiger partial charge in [-0.25, -0.2) is 0 Å². The zero-order chi connectivity index (χ0) is 9.26. The number of pyridine rings is 1. The predicted molar refractivity (Wildman–Crippen MR) is 52.9 cm³/mol. The molecule has 0 amide bonds. The fraction of sp³-hybridized carbons (Fsp3) is 0.545. The molecule has 2 rings (SSSR count). The summed E-state index contributed by atoms with van der Waals surface area (Å²) < 4.78 is 2.24. The first-order valence-corrected chi connectivity index (χ1v) is 4.96. The number of nitrogens with zero attached hydrogens (tertiary/aromatic N) is 1. The molecule has 70 valence electrons. The molecule has 1 heterocycles. The van der Waals surface area contributed by atoms with E-state index >= 15 is 0 Å². The molecule has 0 aliphatic heterocycles. The third-order valence-electron chi connectivity index (χ3n) is 2.88. The molecule has 13 heavy (non-hydrogen) atoms. The number of aryl methyl sites for hydroxylation is 1. The van der Waals surface area contributed by atoms with Crippen LogP contribution in [0.15, 0.2) is 23.1 Å². The van der Waals surface area contributed by atoms with Crippen LogP contribution < -0.4 is 5.43 Å². The van der Waals surface area contributed by atoms with Crippen molar-refractivity contribution in [2.45, 2.75) is 38.6 Å². The number of hydrogen-bond acceptors (Lipinski definition) is 1. The molecule has 1 fully saturated rings. The van der Waals surface area contributed by atoms with Crippen LogP contribution in [-0.2, 0) is 0 Å². The Hall–Kier alpha value is -1.05. The molecule has 2 nitrogen and oxygen atoms in total.